The lowest BCUT2D eigenvalue weighted by Crippen LogP contribution is -2.30. The number of anilines is 2. The zero-order valence-electron chi connectivity index (χ0n) is 14.7. The van der Waals surface area contributed by atoms with Crippen molar-refractivity contribution in [1.29, 1.82) is 0 Å². The fourth-order valence-electron chi connectivity index (χ4n) is 2.43. The van der Waals surface area contributed by atoms with Crippen molar-refractivity contribution >= 4 is 43.2 Å². The lowest BCUT2D eigenvalue weighted by molar-refractivity contribution is -0.114. The molecule has 2 aromatic carbocycles. The summed E-state index contributed by atoms with van der Waals surface area (Å²) in [6, 6.07) is 13.8. The van der Waals surface area contributed by atoms with E-state index in [1.807, 2.05) is 24.3 Å². The second-order valence-electron chi connectivity index (χ2n) is 5.53. The van der Waals surface area contributed by atoms with Crippen LogP contribution in [0.5, 0.6) is 0 Å². The summed E-state index contributed by atoms with van der Waals surface area (Å²) >= 11 is 3.37. The number of hydrogen-bond donors (Lipinski definition) is 2. The quantitative estimate of drug-likeness (QED) is 0.659. The molecule has 1 amide bonds. The monoisotopic (exact) mass is 439 g/mol. The van der Waals surface area contributed by atoms with E-state index in [0.717, 1.165) is 10.2 Å². The van der Waals surface area contributed by atoms with Crippen molar-refractivity contribution in [2.75, 3.05) is 30.3 Å². The third kappa shape index (κ3) is 5.30. The van der Waals surface area contributed by atoms with Crippen LogP contribution in [0.1, 0.15) is 13.8 Å². The normalized spacial score (nSPS) is 11.4. The van der Waals surface area contributed by atoms with Crippen LogP contribution in [0, 0.1) is 0 Å². The minimum Gasteiger partial charge on any atom is -0.376 e. The van der Waals surface area contributed by atoms with Crippen molar-refractivity contribution in [2.24, 2.45) is 0 Å². The highest BCUT2D eigenvalue weighted by molar-refractivity contribution is 9.10. The number of hydrogen-bond acceptors (Lipinski definition) is 4. The van der Waals surface area contributed by atoms with Crippen molar-refractivity contribution in [1.82, 2.24) is 4.31 Å². The molecule has 2 rings (SSSR count). The Morgan fingerprint density at radius 2 is 1.69 bits per heavy atom. The summed E-state index contributed by atoms with van der Waals surface area (Å²) in [7, 11) is -3.56. The number of nitrogens with zero attached hydrogens (tertiary/aromatic N) is 1. The van der Waals surface area contributed by atoms with E-state index in [-0.39, 0.29) is 17.3 Å². The first kappa shape index (κ1) is 20.4. The number of benzene rings is 2. The van der Waals surface area contributed by atoms with Gasteiger partial charge in [0.1, 0.15) is 0 Å². The van der Waals surface area contributed by atoms with E-state index in [1.54, 1.807) is 26.0 Å². The molecule has 0 fully saturated rings. The van der Waals surface area contributed by atoms with Gasteiger partial charge in [-0.1, -0.05) is 41.9 Å². The number of nitrogens with one attached hydrogen (secondary N) is 2. The van der Waals surface area contributed by atoms with Crippen LogP contribution in [-0.2, 0) is 14.8 Å². The van der Waals surface area contributed by atoms with E-state index in [2.05, 4.69) is 26.6 Å². The summed E-state index contributed by atoms with van der Waals surface area (Å²) in [5, 5.41) is 5.74. The average Bonchev–Trinajstić information content (AvgIpc) is 2.61. The van der Waals surface area contributed by atoms with Crippen LogP contribution in [-0.4, -0.2) is 38.3 Å². The van der Waals surface area contributed by atoms with Gasteiger partial charge in [-0.25, -0.2) is 8.42 Å². The molecule has 0 atom stereocenters. The van der Waals surface area contributed by atoms with E-state index in [9.17, 15) is 13.2 Å². The van der Waals surface area contributed by atoms with Crippen molar-refractivity contribution < 1.29 is 13.2 Å². The first-order chi connectivity index (χ1) is 12.4. The molecule has 0 aromatic heterocycles. The van der Waals surface area contributed by atoms with Crippen LogP contribution >= 0.6 is 15.9 Å². The molecule has 0 aliphatic heterocycles. The van der Waals surface area contributed by atoms with Crippen LogP contribution in [0.4, 0.5) is 11.4 Å². The fourth-order valence-corrected chi connectivity index (χ4v) is 4.34. The molecule has 0 saturated carbocycles. The minimum atomic E-state index is -3.56. The zero-order chi connectivity index (χ0) is 19.2. The summed E-state index contributed by atoms with van der Waals surface area (Å²) < 4.78 is 27.4. The molecule has 0 bridgehead atoms. The van der Waals surface area contributed by atoms with Gasteiger partial charge >= 0.3 is 0 Å². The Bertz CT molecular complexity index is 867. The van der Waals surface area contributed by atoms with Crippen LogP contribution in [0.25, 0.3) is 0 Å². The largest absolute Gasteiger partial charge is 0.376 e. The summed E-state index contributed by atoms with van der Waals surface area (Å²) in [6.07, 6.45) is 0. The zero-order valence-corrected chi connectivity index (χ0v) is 17.1. The topological polar surface area (TPSA) is 78.5 Å². The highest BCUT2D eigenvalue weighted by Gasteiger charge is 2.21. The van der Waals surface area contributed by atoms with Crippen LogP contribution in [0.3, 0.4) is 0 Å². The number of sulfonamides is 1. The smallest absolute Gasteiger partial charge is 0.243 e. The first-order valence-corrected chi connectivity index (χ1v) is 10.5. The van der Waals surface area contributed by atoms with Gasteiger partial charge in [-0.05, 0) is 36.4 Å². The molecule has 0 spiro atoms. The Balaban J connectivity index is 2.05. The SMILES string of the molecule is CCN(CC)S(=O)(=O)c1cccc(NC(=O)CNc2cccc(Br)c2)c1. The van der Waals surface area contributed by atoms with Crippen molar-refractivity contribution in [3.05, 3.63) is 53.0 Å². The Morgan fingerprint density at radius 3 is 2.35 bits per heavy atom. The summed E-state index contributed by atoms with van der Waals surface area (Å²) in [4.78, 5) is 12.3. The number of amides is 1. The summed E-state index contributed by atoms with van der Waals surface area (Å²) in [5.74, 6) is -0.262. The molecule has 0 aliphatic carbocycles. The number of carbonyl (C=O) groups is 1. The lowest BCUT2D eigenvalue weighted by Gasteiger charge is -2.18. The standard InChI is InChI=1S/C18H22BrN3O3S/c1-3-22(4-2)26(24,25)17-10-6-9-16(12-17)21-18(23)13-20-15-8-5-7-14(19)11-15/h5-12,20H,3-4,13H2,1-2H3,(H,21,23). The summed E-state index contributed by atoms with van der Waals surface area (Å²) in [6.45, 7) is 4.45. The van der Waals surface area contributed by atoms with Gasteiger partial charge in [0.05, 0.1) is 11.4 Å². The van der Waals surface area contributed by atoms with E-state index in [0.29, 0.717) is 18.8 Å². The second kappa shape index (κ2) is 9.16. The van der Waals surface area contributed by atoms with E-state index in [4.69, 9.17) is 0 Å². The highest BCUT2D eigenvalue weighted by atomic mass is 79.9. The second-order valence-corrected chi connectivity index (χ2v) is 8.38. The van der Waals surface area contributed by atoms with Gasteiger partial charge in [-0.3, -0.25) is 4.79 Å². The molecule has 2 N–H and O–H groups in total. The first-order valence-electron chi connectivity index (χ1n) is 8.26. The third-order valence-electron chi connectivity index (χ3n) is 3.74. The Morgan fingerprint density at radius 1 is 1.04 bits per heavy atom. The molecule has 6 nitrogen and oxygen atoms in total. The maximum Gasteiger partial charge on any atom is 0.243 e. The van der Waals surface area contributed by atoms with Gasteiger partial charge < -0.3 is 10.6 Å². The van der Waals surface area contributed by atoms with Crippen molar-refractivity contribution in [3.8, 4) is 0 Å². The molecule has 8 heteroatoms. The van der Waals surface area contributed by atoms with Gasteiger partial charge in [-0.2, -0.15) is 4.31 Å². The van der Waals surface area contributed by atoms with Crippen LogP contribution in [0.15, 0.2) is 57.9 Å². The Labute approximate surface area is 162 Å². The predicted molar refractivity (Wildman–Crippen MR) is 108 cm³/mol. The molecule has 2 aromatic rings. The number of carbonyl (C=O) groups excluding carboxylic acids is 1. The van der Waals surface area contributed by atoms with Gasteiger partial charge in [0.15, 0.2) is 0 Å². The molecule has 0 radical (unpaired) electrons. The third-order valence-corrected chi connectivity index (χ3v) is 6.28. The Kier molecular flexibility index (Phi) is 7.19. The predicted octanol–water partition coefficient (Wildman–Crippen LogP) is 3.53. The fraction of sp³-hybridized carbons (Fsp3) is 0.278. The van der Waals surface area contributed by atoms with Crippen LogP contribution < -0.4 is 10.6 Å². The number of rotatable bonds is 8. The van der Waals surface area contributed by atoms with Gasteiger partial charge in [0, 0.05) is 28.9 Å². The molecule has 140 valence electrons. The Hall–Kier alpha value is -1.90. The molecular weight excluding hydrogens is 418 g/mol. The molecule has 0 saturated heterocycles. The van der Waals surface area contributed by atoms with E-state index in [1.165, 1.54) is 16.4 Å². The molecule has 26 heavy (non-hydrogen) atoms. The minimum absolute atomic E-state index is 0.0729. The maximum atomic E-state index is 12.6. The number of halogens is 1. The van der Waals surface area contributed by atoms with Gasteiger partial charge in [0.25, 0.3) is 0 Å². The summed E-state index contributed by atoms with van der Waals surface area (Å²) in [5.41, 5.74) is 1.26. The molecule has 0 heterocycles. The van der Waals surface area contributed by atoms with Gasteiger partial charge in [0.2, 0.25) is 15.9 Å². The van der Waals surface area contributed by atoms with Crippen LogP contribution in [0.2, 0.25) is 0 Å². The molecule has 0 unspecified atom stereocenters. The molecule has 0 aliphatic rings. The van der Waals surface area contributed by atoms with E-state index < -0.39 is 10.0 Å². The van der Waals surface area contributed by atoms with Crippen molar-refractivity contribution in [3.63, 3.8) is 0 Å². The highest BCUT2D eigenvalue weighted by Crippen LogP contribution is 2.20. The van der Waals surface area contributed by atoms with Gasteiger partial charge in [-0.15, -0.1) is 0 Å². The van der Waals surface area contributed by atoms with Crippen molar-refractivity contribution in [2.45, 2.75) is 18.7 Å². The molecular formula is C18H22BrN3O3S. The van der Waals surface area contributed by atoms with E-state index >= 15 is 0 Å². The maximum absolute atomic E-state index is 12.6. The average molecular weight is 440 g/mol. The lowest BCUT2D eigenvalue weighted by atomic mass is 10.3.